The molecule has 1 aliphatic heterocycles. The lowest BCUT2D eigenvalue weighted by Crippen LogP contribution is -2.48. The lowest BCUT2D eigenvalue weighted by Gasteiger charge is -2.34. The molecular weight excluding hydrogens is 526 g/mol. The molecule has 1 fully saturated rings. The number of rotatable bonds is 11. The van der Waals surface area contributed by atoms with Crippen molar-refractivity contribution in [2.75, 3.05) is 71.5 Å². The van der Waals surface area contributed by atoms with Crippen LogP contribution in [-0.2, 0) is 10.0 Å². The first-order valence-corrected chi connectivity index (χ1v) is 14.9. The molecule has 1 aliphatic rings. The van der Waals surface area contributed by atoms with E-state index in [1.807, 2.05) is 12.1 Å². The van der Waals surface area contributed by atoms with Crippen LogP contribution < -0.4 is 19.7 Å². The second kappa shape index (κ2) is 12.3. The van der Waals surface area contributed by atoms with Crippen LogP contribution in [0.3, 0.4) is 0 Å². The van der Waals surface area contributed by atoms with Gasteiger partial charge in [-0.25, -0.2) is 13.4 Å². The van der Waals surface area contributed by atoms with Crippen LogP contribution >= 0.6 is 11.3 Å². The van der Waals surface area contributed by atoms with Crippen LogP contribution in [0.1, 0.15) is 24.2 Å². The van der Waals surface area contributed by atoms with Crippen LogP contribution in [0.25, 0.3) is 10.2 Å². The van der Waals surface area contributed by atoms with E-state index in [4.69, 9.17) is 14.5 Å². The molecule has 1 aromatic heterocycles. The van der Waals surface area contributed by atoms with Crippen molar-refractivity contribution in [3.05, 3.63) is 42.0 Å². The Balaban J connectivity index is 1.27. The fourth-order valence-corrected chi connectivity index (χ4v) is 7.08. The van der Waals surface area contributed by atoms with Crippen LogP contribution in [-0.4, -0.2) is 95.1 Å². The highest BCUT2D eigenvalue weighted by Gasteiger charge is 2.23. The van der Waals surface area contributed by atoms with Gasteiger partial charge in [0.15, 0.2) is 5.13 Å². The number of thiazole rings is 1. The Morgan fingerprint density at radius 1 is 1.00 bits per heavy atom. The molecule has 2 aromatic carbocycles. The lowest BCUT2D eigenvalue weighted by atomic mass is 10.2. The van der Waals surface area contributed by atoms with E-state index in [0.717, 1.165) is 59.6 Å². The van der Waals surface area contributed by atoms with Gasteiger partial charge in [0.25, 0.3) is 5.91 Å². The Kier molecular flexibility index (Phi) is 9.08. The minimum Gasteiger partial charge on any atom is -0.495 e. The number of nitrogens with zero attached hydrogens (tertiary/aromatic N) is 4. The fraction of sp³-hybridized carbons (Fsp3) is 0.462. The first-order valence-electron chi connectivity index (χ1n) is 12.7. The summed E-state index contributed by atoms with van der Waals surface area (Å²) in [6.45, 7) is 9.04. The zero-order valence-electron chi connectivity index (χ0n) is 22.3. The number of carbonyl (C=O) groups is 1. The summed E-state index contributed by atoms with van der Waals surface area (Å²) in [4.78, 5) is 22.2. The number of carbonyl (C=O) groups excluding carboxylic acids is 1. The Labute approximate surface area is 228 Å². The largest absolute Gasteiger partial charge is 0.495 e. The topological polar surface area (TPSA) is 104 Å². The molecule has 4 rings (SSSR count). The third-order valence-electron chi connectivity index (χ3n) is 6.72. The summed E-state index contributed by atoms with van der Waals surface area (Å²) in [6, 6.07) is 9.89. The summed E-state index contributed by atoms with van der Waals surface area (Å²) in [7, 11) is -0.238. The van der Waals surface area contributed by atoms with Crippen molar-refractivity contribution in [3.8, 4) is 11.5 Å². The number of amides is 1. The molecule has 2 heterocycles. The van der Waals surface area contributed by atoms with Gasteiger partial charge in [-0.05, 0) is 36.4 Å². The highest BCUT2D eigenvalue weighted by atomic mass is 32.2. The Morgan fingerprint density at radius 2 is 1.63 bits per heavy atom. The van der Waals surface area contributed by atoms with Gasteiger partial charge in [0.1, 0.15) is 21.7 Å². The molecule has 1 N–H and O–H groups in total. The maximum Gasteiger partial charge on any atom is 0.251 e. The van der Waals surface area contributed by atoms with E-state index in [1.165, 1.54) is 16.4 Å². The van der Waals surface area contributed by atoms with E-state index >= 15 is 0 Å². The fourth-order valence-electron chi connectivity index (χ4n) is 4.49. The number of hydrogen-bond donors (Lipinski definition) is 1. The smallest absolute Gasteiger partial charge is 0.251 e. The first-order chi connectivity index (χ1) is 18.3. The molecule has 0 saturated carbocycles. The molecule has 10 nitrogen and oxygen atoms in total. The quantitative estimate of drug-likeness (QED) is 0.381. The highest BCUT2D eigenvalue weighted by molar-refractivity contribution is 7.89. The Hall–Kier alpha value is -2.93. The van der Waals surface area contributed by atoms with Crippen molar-refractivity contribution < 1.29 is 22.7 Å². The summed E-state index contributed by atoms with van der Waals surface area (Å²) < 4.78 is 38.6. The van der Waals surface area contributed by atoms with Gasteiger partial charge in [-0.1, -0.05) is 25.2 Å². The number of ether oxygens (including phenoxy) is 2. The van der Waals surface area contributed by atoms with Crippen LogP contribution in [0, 0.1) is 0 Å². The average Bonchev–Trinajstić information content (AvgIpc) is 3.39. The molecule has 38 heavy (non-hydrogen) atoms. The normalized spacial score (nSPS) is 14.7. The SMILES string of the molecule is CCN(CC)S(=O)(=O)c1ccc(C(=O)NCCN2CCN(c3nc4c(OC)ccc(OC)c4s3)CC2)cc1. The van der Waals surface area contributed by atoms with Crippen molar-refractivity contribution in [3.63, 3.8) is 0 Å². The number of methoxy groups -OCH3 is 2. The molecule has 1 amide bonds. The summed E-state index contributed by atoms with van der Waals surface area (Å²) >= 11 is 1.61. The zero-order valence-corrected chi connectivity index (χ0v) is 23.9. The van der Waals surface area contributed by atoms with Crippen LogP contribution in [0.2, 0.25) is 0 Å². The Bertz CT molecular complexity index is 1310. The number of anilines is 1. The van der Waals surface area contributed by atoms with Gasteiger partial charge in [0.05, 0.1) is 19.1 Å². The minimum absolute atomic E-state index is 0.195. The second-order valence-corrected chi connectivity index (χ2v) is 11.8. The maximum atomic E-state index is 12.6. The molecule has 12 heteroatoms. The second-order valence-electron chi connectivity index (χ2n) is 8.84. The number of nitrogens with one attached hydrogen (secondary N) is 1. The number of hydrogen-bond acceptors (Lipinski definition) is 9. The summed E-state index contributed by atoms with van der Waals surface area (Å²) in [6.07, 6.45) is 0. The predicted octanol–water partition coefficient (Wildman–Crippen LogP) is 2.90. The van der Waals surface area contributed by atoms with Gasteiger partial charge >= 0.3 is 0 Å². The summed E-state index contributed by atoms with van der Waals surface area (Å²) in [5.74, 6) is 1.31. The van der Waals surface area contributed by atoms with Gasteiger partial charge in [0.2, 0.25) is 10.0 Å². The molecule has 0 aliphatic carbocycles. The number of sulfonamides is 1. The van der Waals surface area contributed by atoms with Crippen molar-refractivity contribution in [1.82, 2.24) is 19.5 Å². The molecule has 0 bridgehead atoms. The van der Waals surface area contributed by atoms with Crippen molar-refractivity contribution in [2.24, 2.45) is 0 Å². The lowest BCUT2D eigenvalue weighted by molar-refractivity contribution is 0.0947. The summed E-state index contributed by atoms with van der Waals surface area (Å²) in [5.41, 5.74) is 1.26. The van der Waals surface area contributed by atoms with Gasteiger partial charge in [-0.3, -0.25) is 9.69 Å². The maximum absolute atomic E-state index is 12.6. The van der Waals surface area contributed by atoms with Crippen LogP contribution in [0.15, 0.2) is 41.3 Å². The molecule has 0 radical (unpaired) electrons. The highest BCUT2D eigenvalue weighted by Crippen LogP contribution is 2.40. The molecule has 3 aromatic rings. The van der Waals surface area contributed by atoms with E-state index in [-0.39, 0.29) is 10.8 Å². The number of fused-ring (bicyclic) bond motifs is 1. The first kappa shape index (κ1) is 28.1. The monoisotopic (exact) mass is 561 g/mol. The van der Waals surface area contributed by atoms with E-state index < -0.39 is 10.0 Å². The van der Waals surface area contributed by atoms with Crippen molar-refractivity contribution >= 4 is 42.6 Å². The van der Waals surface area contributed by atoms with Gasteiger partial charge < -0.3 is 19.7 Å². The van der Waals surface area contributed by atoms with Crippen molar-refractivity contribution in [2.45, 2.75) is 18.7 Å². The zero-order chi connectivity index (χ0) is 27.3. The minimum atomic E-state index is -3.54. The third kappa shape index (κ3) is 5.88. The number of piperazine rings is 1. The van der Waals surface area contributed by atoms with Crippen molar-refractivity contribution in [1.29, 1.82) is 0 Å². The van der Waals surface area contributed by atoms with E-state index in [1.54, 1.807) is 51.5 Å². The van der Waals surface area contributed by atoms with Gasteiger partial charge in [0, 0.05) is 57.9 Å². The Morgan fingerprint density at radius 3 is 2.24 bits per heavy atom. The van der Waals surface area contributed by atoms with Crippen LogP contribution in [0.5, 0.6) is 11.5 Å². The van der Waals surface area contributed by atoms with E-state index in [0.29, 0.717) is 25.2 Å². The molecular formula is C26H35N5O5S2. The average molecular weight is 562 g/mol. The molecule has 0 spiro atoms. The molecule has 206 valence electrons. The predicted molar refractivity (Wildman–Crippen MR) is 150 cm³/mol. The van der Waals surface area contributed by atoms with E-state index in [2.05, 4.69) is 15.1 Å². The van der Waals surface area contributed by atoms with Gasteiger partial charge in [-0.15, -0.1) is 0 Å². The summed E-state index contributed by atoms with van der Waals surface area (Å²) in [5, 5.41) is 3.89. The van der Waals surface area contributed by atoms with Crippen LogP contribution in [0.4, 0.5) is 5.13 Å². The number of benzene rings is 2. The molecule has 0 unspecified atom stereocenters. The standard InChI is InChI=1S/C26H35N5O5S2/c1-5-31(6-2)38(33,34)20-9-7-19(8-10-20)25(32)27-13-14-29-15-17-30(18-16-29)26-28-23-21(35-3)11-12-22(36-4)24(23)37-26/h7-12H,5-6,13-18H2,1-4H3,(H,27,32). The van der Waals surface area contributed by atoms with Gasteiger partial charge in [-0.2, -0.15) is 4.31 Å². The molecule has 1 saturated heterocycles. The third-order valence-corrected chi connectivity index (χ3v) is 9.91. The molecule has 0 atom stereocenters. The van der Waals surface area contributed by atoms with E-state index in [9.17, 15) is 13.2 Å². The number of aromatic nitrogens is 1.